The van der Waals surface area contributed by atoms with E-state index in [-0.39, 0.29) is 25.3 Å². The van der Waals surface area contributed by atoms with Gasteiger partial charge in [0.2, 0.25) is 0 Å². The van der Waals surface area contributed by atoms with Crippen molar-refractivity contribution in [3.05, 3.63) is 83.3 Å². The number of aryl methyl sites for hydroxylation is 1. The standard InChI is InChI=1S/C12H8N2.C12H16NO4S.Pd/c1-3-9-5-6-10-4-2-8-14-12(10)11(9)13-7-1;1-8(2)11(12(14)15)13-18(16,17)10-6-4-9(3)5-7-10;/h1-8H;4-8,11H,1-3H3,(H,14,15);/q;-1;+2/p-1. The monoisotopic (exact) mass is 555 g/mol. The Kier molecular flexibility index (Phi) is 9.20. The second kappa shape index (κ2) is 11.4. The van der Waals surface area contributed by atoms with Gasteiger partial charge in [-0.15, -0.1) is 0 Å². The topological polar surface area (TPSA) is 114 Å². The van der Waals surface area contributed by atoms with Gasteiger partial charge in [0, 0.05) is 34.0 Å². The van der Waals surface area contributed by atoms with E-state index in [9.17, 15) is 18.3 Å². The Bertz CT molecular complexity index is 1290. The second-order valence-corrected chi connectivity index (χ2v) is 9.25. The maximum Gasteiger partial charge on any atom is 2.00 e. The number of sulfonamides is 1. The van der Waals surface area contributed by atoms with Crippen molar-refractivity contribution in [1.82, 2.24) is 9.97 Å². The van der Waals surface area contributed by atoms with E-state index in [0.717, 1.165) is 27.4 Å². The van der Waals surface area contributed by atoms with Gasteiger partial charge in [0.25, 0.3) is 0 Å². The van der Waals surface area contributed by atoms with E-state index < -0.39 is 28.0 Å². The van der Waals surface area contributed by atoms with Crippen molar-refractivity contribution in [2.24, 2.45) is 5.92 Å². The number of carboxylic acid groups (broad SMARTS) is 1. The summed E-state index contributed by atoms with van der Waals surface area (Å²) in [6.45, 7) is 4.98. The number of carboxylic acids is 1. The average Bonchev–Trinajstić information content (AvgIpc) is 2.78. The summed E-state index contributed by atoms with van der Waals surface area (Å²) in [5.74, 6) is -1.93. The first-order valence-electron chi connectivity index (χ1n) is 10.0. The van der Waals surface area contributed by atoms with Crippen molar-refractivity contribution < 1.29 is 38.7 Å². The Hall–Kier alpha value is -2.70. The molecule has 0 spiro atoms. The molecule has 33 heavy (non-hydrogen) atoms. The summed E-state index contributed by atoms with van der Waals surface area (Å²) in [6, 6.07) is 16.8. The van der Waals surface area contributed by atoms with E-state index in [1.807, 2.05) is 19.1 Å². The maximum atomic E-state index is 11.9. The van der Waals surface area contributed by atoms with Crippen molar-refractivity contribution in [3.8, 4) is 0 Å². The minimum Gasteiger partial charge on any atom is -0.552 e. The van der Waals surface area contributed by atoms with Crippen LogP contribution in [0.15, 0.2) is 78.0 Å². The Labute approximate surface area is 207 Å². The Morgan fingerprint density at radius 3 is 1.79 bits per heavy atom. The fourth-order valence-electron chi connectivity index (χ4n) is 3.04. The molecule has 0 aliphatic carbocycles. The number of carbonyl (C=O) groups is 1. The molecule has 2 aromatic carbocycles. The van der Waals surface area contributed by atoms with E-state index in [0.29, 0.717) is 0 Å². The van der Waals surface area contributed by atoms with Gasteiger partial charge in [0.1, 0.15) is 10.0 Å². The molecule has 0 saturated heterocycles. The van der Waals surface area contributed by atoms with E-state index in [1.165, 1.54) is 12.1 Å². The molecule has 0 bridgehead atoms. The third-order valence-electron chi connectivity index (χ3n) is 4.79. The molecule has 1 unspecified atom stereocenters. The number of rotatable bonds is 5. The van der Waals surface area contributed by atoms with Crippen LogP contribution in [0.2, 0.25) is 0 Å². The minimum absolute atomic E-state index is 0. The van der Waals surface area contributed by atoms with Gasteiger partial charge in [0.05, 0.1) is 11.0 Å². The van der Waals surface area contributed by atoms with Gasteiger partial charge in [-0.3, -0.25) is 9.97 Å². The van der Waals surface area contributed by atoms with Crippen LogP contribution in [0.3, 0.4) is 0 Å². The molecule has 2 heterocycles. The van der Waals surface area contributed by atoms with Crippen molar-refractivity contribution in [1.29, 1.82) is 0 Å². The SMILES string of the molecule is Cc1ccc(S(=O)(=O)[N-]C(C(=O)[O-])C(C)C)cc1.[Pd+2].c1cnc2c(c1)ccc1cccnc12. The number of aliphatic carboxylic acids is 1. The van der Waals surface area contributed by atoms with Gasteiger partial charge < -0.3 is 14.6 Å². The molecule has 2 aromatic heterocycles. The van der Waals surface area contributed by atoms with Crippen LogP contribution in [-0.2, 0) is 35.2 Å². The molecule has 4 rings (SSSR count). The molecular weight excluding hydrogens is 533 g/mol. The summed E-state index contributed by atoms with van der Waals surface area (Å²) in [5, 5.41) is 13.1. The summed E-state index contributed by atoms with van der Waals surface area (Å²) in [6.07, 6.45) is 3.60. The molecule has 0 aliphatic heterocycles. The zero-order valence-corrected chi connectivity index (χ0v) is 20.7. The van der Waals surface area contributed by atoms with Gasteiger partial charge in [-0.25, -0.2) is 8.42 Å². The summed E-state index contributed by atoms with van der Waals surface area (Å²) in [7, 11) is -3.96. The molecular formula is C24H23N3O4PdS. The predicted octanol–water partition coefficient (Wildman–Crippen LogP) is 3.61. The summed E-state index contributed by atoms with van der Waals surface area (Å²) < 4.78 is 27.2. The fraction of sp³-hybridized carbons (Fsp3) is 0.208. The molecule has 0 fully saturated rings. The van der Waals surface area contributed by atoms with Gasteiger partial charge in [-0.05, 0) is 31.2 Å². The van der Waals surface area contributed by atoms with Gasteiger partial charge in [-0.1, -0.05) is 67.8 Å². The van der Waals surface area contributed by atoms with E-state index >= 15 is 0 Å². The zero-order valence-electron chi connectivity index (χ0n) is 18.3. The van der Waals surface area contributed by atoms with Crippen LogP contribution in [0.25, 0.3) is 26.5 Å². The van der Waals surface area contributed by atoms with Crippen LogP contribution < -0.4 is 5.11 Å². The van der Waals surface area contributed by atoms with Crippen LogP contribution in [-0.4, -0.2) is 30.4 Å². The van der Waals surface area contributed by atoms with E-state index in [4.69, 9.17) is 0 Å². The smallest absolute Gasteiger partial charge is 0.552 e. The molecule has 0 saturated carbocycles. The maximum absolute atomic E-state index is 11.9. The van der Waals surface area contributed by atoms with Crippen molar-refractivity contribution in [2.75, 3.05) is 0 Å². The number of benzene rings is 2. The molecule has 0 aliphatic rings. The number of aromatic nitrogens is 2. The molecule has 1 atom stereocenters. The summed E-state index contributed by atoms with van der Waals surface area (Å²) >= 11 is 0. The van der Waals surface area contributed by atoms with E-state index in [1.54, 1.807) is 38.4 Å². The molecule has 9 heteroatoms. The number of fused-ring (bicyclic) bond motifs is 3. The van der Waals surface area contributed by atoms with E-state index in [2.05, 4.69) is 39.0 Å². The molecule has 174 valence electrons. The molecule has 0 N–H and O–H groups in total. The predicted molar refractivity (Wildman–Crippen MR) is 122 cm³/mol. The molecule has 4 aromatic rings. The first kappa shape index (κ1) is 26.6. The van der Waals surface area contributed by atoms with Crippen LogP contribution in [0, 0.1) is 12.8 Å². The van der Waals surface area contributed by atoms with Gasteiger partial charge in [0.15, 0.2) is 0 Å². The number of nitrogens with zero attached hydrogens (tertiary/aromatic N) is 3. The Balaban J connectivity index is 0.000000231. The minimum atomic E-state index is -3.96. The van der Waals surface area contributed by atoms with Crippen molar-refractivity contribution >= 4 is 37.8 Å². The number of pyridine rings is 2. The summed E-state index contributed by atoms with van der Waals surface area (Å²) in [5.41, 5.74) is 2.87. The third kappa shape index (κ3) is 6.65. The average molecular weight is 556 g/mol. The van der Waals surface area contributed by atoms with Gasteiger partial charge in [-0.2, -0.15) is 0 Å². The number of hydrogen-bond acceptors (Lipinski definition) is 6. The van der Waals surface area contributed by atoms with Gasteiger partial charge >= 0.3 is 20.4 Å². The van der Waals surface area contributed by atoms with Crippen LogP contribution >= 0.6 is 0 Å². The van der Waals surface area contributed by atoms with Crippen LogP contribution in [0.1, 0.15) is 19.4 Å². The fourth-order valence-corrected chi connectivity index (χ4v) is 4.27. The zero-order chi connectivity index (χ0) is 23.3. The largest absolute Gasteiger partial charge is 2.00 e. The second-order valence-electron chi connectivity index (χ2n) is 7.62. The van der Waals surface area contributed by atoms with Crippen molar-refractivity contribution in [3.63, 3.8) is 0 Å². The normalized spacial score (nSPS) is 12.0. The third-order valence-corrected chi connectivity index (χ3v) is 6.16. The first-order chi connectivity index (χ1) is 15.2. The summed E-state index contributed by atoms with van der Waals surface area (Å²) in [4.78, 5) is 19.5. The van der Waals surface area contributed by atoms with Crippen LogP contribution in [0.5, 0.6) is 0 Å². The number of carbonyl (C=O) groups excluding carboxylic acids is 1. The Morgan fingerprint density at radius 2 is 1.36 bits per heavy atom. The first-order valence-corrected chi connectivity index (χ1v) is 11.5. The van der Waals surface area contributed by atoms with Crippen molar-refractivity contribution in [2.45, 2.75) is 31.7 Å². The molecule has 0 radical (unpaired) electrons. The molecule has 0 amide bonds. The Morgan fingerprint density at radius 1 is 0.879 bits per heavy atom. The number of hydrogen-bond donors (Lipinski definition) is 0. The van der Waals surface area contributed by atoms with Crippen LogP contribution in [0.4, 0.5) is 0 Å². The quantitative estimate of drug-likeness (QED) is 0.274. The molecule has 7 nitrogen and oxygen atoms in total.